The van der Waals surface area contributed by atoms with E-state index in [0.717, 1.165) is 5.56 Å². The first kappa shape index (κ1) is 14.1. The van der Waals surface area contributed by atoms with Gasteiger partial charge in [-0.3, -0.25) is 4.79 Å². The summed E-state index contributed by atoms with van der Waals surface area (Å²) in [6.07, 6.45) is 3.79. The summed E-state index contributed by atoms with van der Waals surface area (Å²) in [5.74, 6) is -1.35. The normalized spacial score (nSPS) is 20.6. The number of carboxylic acid groups (broad SMARTS) is 1. The van der Waals surface area contributed by atoms with Gasteiger partial charge in [-0.15, -0.1) is 0 Å². The maximum atomic E-state index is 12.0. The lowest BCUT2D eigenvalue weighted by atomic mass is 10.1. The van der Waals surface area contributed by atoms with E-state index in [1.165, 1.54) is 0 Å². The Kier molecular flexibility index (Phi) is 4.40. The van der Waals surface area contributed by atoms with Gasteiger partial charge in [-0.1, -0.05) is 42.5 Å². The summed E-state index contributed by atoms with van der Waals surface area (Å²) >= 11 is 0. The van der Waals surface area contributed by atoms with Gasteiger partial charge in [-0.25, -0.2) is 4.79 Å². The highest BCUT2D eigenvalue weighted by atomic mass is 16.4. The third-order valence-electron chi connectivity index (χ3n) is 3.32. The third kappa shape index (κ3) is 3.60. The second-order valence-corrected chi connectivity index (χ2v) is 4.96. The van der Waals surface area contributed by atoms with Crippen molar-refractivity contribution >= 4 is 12.0 Å². The minimum absolute atomic E-state index is 0.199. The average Bonchev–Trinajstić information content (AvgIpc) is 2.88. The molecule has 0 spiro atoms. The van der Waals surface area contributed by atoms with Crippen molar-refractivity contribution in [1.82, 2.24) is 10.2 Å². The van der Waals surface area contributed by atoms with E-state index in [2.05, 4.69) is 5.32 Å². The largest absolute Gasteiger partial charge is 0.481 e. The van der Waals surface area contributed by atoms with Crippen LogP contribution in [-0.4, -0.2) is 35.1 Å². The highest BCUT2D eigenvalue weighted by Gasteiger charge is 2.26. The molecule has 2 atom stereocenters. The Labute approximate surface area is 117 Å². The minimum Gasteiger partial charge on any atom is -0.481 e. The van der Waals surface area contributed by atoms with Crippen LogP contribution in [0.25, 0.3) is 0 Å². The van der Waals surface area contributed by atoms with Crippen molar-refractivity contribution in [3.8, 4) is 0 Å². The number of hydrogen-bond acceptors (Lipinski definition) is 2. The number of benzene rings is 1. The molecule has 0 saturated carbocycles. The first-order valence-corrected chi connectivity index (χ1v) is 6.53. The number of carbonyl (C=O) groups excluding carboxylic acids is 1. The number of nitrogens with zero attached hydrogens (tertiary/aromatic N) is 1. The molecule has 0 radical (unpaired) electrons. The highest BCUT2D eigenvalue weighted by Crippen LogP contribution is 2.18. The van der Waals surface area contributed by atoms with E-state index in [4.69, 9.17) is 5.11 Å². The van der Waals surface area contributed by atoms with Crippen molar-refractivity contribution in [2.75, 3.05) is 7.05 Å². The second kappa shape index (κ2) is 6.23. The molecule has 0 fully saturated rings. The zero-order valence-electron chi connectivity index (χ0n) is 11.3. The standard InChI is InChI=1S/C15H18N2O3/c1-17(10-11-5-3-2-4-6-11)15(20)16-13-8-7-12(9-13)14(18)19/h2-8,12-13H,9-10H2,1H3,(H,16,20)(H,18,19). The molecular formula is C15H18N2O3. The average molecular weight is 274 g/mol. The fraction of sp³-hybridized carbons (Fsp3) is 0.333. The minimum atomic E-state index is -0.851. The van der Waals surface area contributed by atoms with E-state index in [-0.39, 0.29) is 12.1 Å². The Morgan fingerprint density at radius 3 is 2.60 bits per heavy atom. The molecule has 5 heteroatoms. The highest BCUT2D eigenvalue weighted by molar-refractivity contribution is 5.76. The Morgan fingerprint density at radius 1 is 1.30 bits per heavy atom. The predicted molar refractivity (Wildman–Crippen MR) is 75.1 cm³/mol. The van der Waals surface area contributed by atoms with Gasteiger partial charge in [0.1, 0.15) is 0 Å². The van der Waals surface area contributed by atoms with Gasteiger partial charge < -0.3 is 15.3 Å². The summed E-state index contributed by atoms with van der Waals surface area (Å²) in [6, 6.07) is 9.30. The van der Waals surface area contributed by atoms with E-state index in [1.807, 2.05) is 30.3 Å². The zero-order valence-corrected chi connectivity index (χ0v) is 11.3. The molecule has 2 unspecified atom stereocenters. The molecule has 1 aromatic carbocycles. The third-order valence-corrected chi connectivity index (χ3v) is 3.32. The van der Waals surface area contributed by atoms with Gasteiger partial charge in [0, 0.05) is 13.6 Å². The Hall–Kier alpha value is -2.30. The summed E-state index contributed by atoms with van der Waals surface area (Å²) < 4.78 is 0. The maximum Gasteiger partial charge on any atom is 0.317 e. The lowest BCUT2D eigenvalue weighted by Gasteiger charge is -2.20. The van der Waals surface area contributed by atoms with Crippen LogP contribution in [0.5, 0.6) is 0 Å². The lowest BCUT2D eigenvalue weighted by Crippen LogP contribution is -2.41. The van der Waals surface area contributed by atoms with Crippen LogP contribution < -0.4 is 5.32 Å². The summed E-state index contributed by atoms with van der Waals surface area (Å²) in [5, 5.41) is 11.7. The van der Waals surface area contributed by atoms with Crippen LogP contribution in [0.2, 0.25) is 0 Å². The molecule has 1 aliphatic carbocycles. The van der Waals surface area contributed by atoms with Gasteiger partial charge in [0.2, 0.25) is 0 Å². The molecule has 1 aromatic rings. The number of urea groups is 1. The lowest BCUT2D eigenvalue weighted by molar-refractivity contribution is -0.140. The molecule has 0 heterocycles. The van der Waals surface area contributed by atoms with Crippen molar-refractivity contribution in [2.45, 2.75) is 19.0 Å². The number of nitrogens with one attached hydrogen (secondary N) is 1. The molecule has 0 aliphatic heterocycles. The number of hydrogen-bond donors (Lipinski definition) is 2. The van der Waals surface area contributed by atoms with Crippen LogP contribution in [-0.2, 0) is 11.3 Å². The molecule has 5 nitrogen and oxygen atoms in total. The first-order chi connectivity index (χ1) is 9.56. The zero-order chi connectivity index (χ0) is 14.5. The Balaban J connectivity index is 1.83. The van der Waals surface area contributed by atoms with E-state index in [0.29, 0.717) is 13.0 Å². The van der Waals surface area contributed by atoms with Crippen molar-refractivity contribution < 1.29 is 14.7 Å². The smallest absolute Gasteiger partial charge is 0.317 e. The molecule has 1 aliphatic rings. The van der Waals surface area contributed by atoms with Gasteiger partial charge in [0.25, 0.3) is 0 Å². The number of carbonyl (C=O) groups is 2. The second-order valence-electron chi connectivity index (χ2n) is 4.96. The Morgan fingerprint density at radius 2 is 2.00 bits per heavy atom. The van der Waals surface area contributed by atoms with Gasteiger partial charge in [-0.05, 0) is 12.0 Å². The summed E-state index contributed by atoms with van der Waals surface area (Å²) in [4.78, 5) is 24.4. The molecule has 2 rings (SSSR count). The summed E-state index contributed by atoms with van der Waals surface area (Å²) in [6.45, 7) is 0.519. The van der Waals surface area contributed by atoms with Crippen LogP contribution in [0.4, 0.5) is 4.79 Å². The van der Waals surface area contributed by atoms with Crippen molar-refractivity contribution in [2.24, 2.45) is 5.92 Å². The van der Waals surface area contributed by atoms with Gasteiger partial charge in [0.15, 0.2) is 0 Å². The topological polar surface area (TPSA) is 69.6 Å². The molecule has 106 valence electrons. The predicted octanol–water partition coefficient (Wildman–Crippen LogP) is 1.86. The molecular weight excluding hydrogens is 256 g/mol. The first-order valence-electron chi connectivity index (χ1n) is 6.53. The number of aliphatic carboxylic acids is 1. The van der Waals surface area contributed by atoms with E-state index < -0.39 is 11.9 Å². The quantitative estimate of drug-likeness (QED) is 0.823. The van der Waals surface area contributed by atoms with Gasteiger partial charge in [0.05, 0.1) is 12.0 Å². The van der Waals surface area contributed by atoms with Gasteiger partial charge in [-0.2, -0.15) is 0 Å². The fourth-order valence-corrected chi connectivity index (χ4v) is 2.19. The van der Waals surface area contributed by atoms with Crippen LogP contribution in [0, 0.1) is 5.92 Å². The molecule has 0 bridgehead atoms. The number of carboxylic acids is 1. The molecule has 20 heavy (non-hydrogen) atoms. The Bertz CT molecular complexity index is 513. The molecule has 2 amide bonds. The van der Waals surface area contributed by atoms with Gasteiger partial charge >= 0.3 is 12.0 Å². The van der Waals surface area contributed by atoms with E-state index >= 15 is 0 Å². The fourth-order valence-electron chi connectivity index (χ4n) is 2.19. The van der Waals surface area contributed by atoms with Crippen molar-refractivity contribution in [3.05, 3.63) is 48.0 Å². The molecule has 2 N–H and O–H groups in total. The molecule has 0 aromatic heterocycles. The van der Waals surface area contributed by atoms with Crippen molar-refractivity contribution in [1.29, 1.82) is 0 Å². The number of rotatable bonds is 4. The maximum absolute atomic E-state index is 12.0. The monoisotopic (exact) mass is 274 g/mol. The van der Waals surface area contributed by atoms with Crippen LogP contribution in [0.3, 0.4) is 0 Å². The van der Waals surface area contributed by atoms with Crippen LogP contribution >= 0.6 is 0 Å². The van der Waals surface area contributed by atoms with E-state index in [1.54, 1.807) is 24.1 Å². The molecule has 0 saturated heterocycles. The van der Waals surface area contributed by atoms with Crippen LogP contribution in [0.15, 0.2) is 42.5 Å². The summed E-state index contributed by atoms with van der Waals surface area (Å²) in [7, 11) is 1.72. The van der Waals surface area contributed by atoms with Crippen molar-refractivity contribution in [3.63, 3.8) is 0 Å². The SMILES string of the molecule is CN(Cc1ccccc1)C(=O)NC1C=CC(C(=O)O)C1. The van der Waals surface area contributed by atoms with Crippen LogP contribution in [0.1, 0.15) is 12.0 Å². The van der Waals surface area contributed by atoms with E-state index in [9.17, 15) is 9.59 Å². The number of amides is 2. The summed E-state index contributed by atoms with van der Waals surface area (Å²) in [5.41, 5.74) is 1.05.